The van der Waals surface area contributed by atoms with E-state index in [-0.39, 0.29) is 5.91 Å². The summed E-state index contributed by atoms with van der Waals surface area (Å²) in [6.45, 7) is 3.54. The van der Waals surface area contributed by atoms with Gasteiger partial charge in [0.25, 0.3) is 0 Å². The van der Waals surface area contributed by atoms with Crippen molar-refractivity contribution >= 4 is 23.2 Å². The van der Waals surface area contributed by atoms with Crippen molar-refractivity contribution in [1.29, 1.82) is 0 Å². The molecule has 4 nitrogen and oxygen atoms in total. The second-order valence-corrected chi connectivity index (χ2v) is 5.77. The first-order valence-corrected chi connectivity index (χ1v) is 7.46. The number of aromatic nitrogens is 2. The monoisotopic (exact) mass is 291 g/mol. The molecule has 20 heavy (non-hydrogen) atoms. The molecule has 0 saturated carbocycles. The Kier molecular flexibility index (Phi) is 3.66. The van der Waals surface area contributed by atoms with Gasteiger partial charge >= 0.3 is 0 Å². The Bertz CT molecular complexity index is 637. The minimum Gasteiger partial charge on any atom is -0.336 e. The molecule has 1 aliphatic heterocycles. The van der Waals surface area contributed by atoms with Crippen LogP contribution in [0.15, 0.2) is 24.4 Å². The highest BCUT2D eigenvalue weighted by atomic mass is 35.5. The highest BCUT2D eigenvalue weighted by molar-refractivity contribution is 6.30. The van der Waals surface area contributed by atoms with Gasteiger partial charge in [-0.05, 0) is 24.5 Å². The van der Waals surface area contributed by atoms with Crippen molar-refractivity contribution in [3.05, 3.63) is 35.2 Å². The van der Waals surface area contributed by atoms with Crippen LogP contribution >= 0.6 is 11.6 Å². The Morgan fingerprint density at radius 3 is 3.10 bits per heavy atom. The lowest BCUT2D eigenvalue weighted by Crippen LogP contribution is -2.25. The number of carbonyl (C=O) groups excluding carboxylic acids is 1. The first-order valence-electron chi connectivity index (χ1n) is 7.08. The molecule has 0 radical (unpaired) electrons. The Labute approximate surface area is 123 Å². The second kappa shape index (κ2) is 5.44. The summed E-state index contributed by atoms with van der Waals surface area (Å²) >= 11 is 6.22. The van der Waals surface area contributed by atoms with Gasteiger partial charge in [-0.3, -0.25) is 4.79 Å². The van der Waals surface area contributed by atoms with Gasteiger partial charge in [-0.1, -0.05) is 31.0 Å². The second-order valence-electron chi connectivity index (χ2n) is 5.41. The largest absolute Gasteiger partial charge is 0.336 e. The molecule has 0 spiro atoms. The van der Waals surface area contributed by atoms with E-state index >= 15 is 0 Å². The van der Waals surface area contributed by atoms with Crippen LogP contribution in [0.1, 0.15) is 31.9 Å². The van der Waals surface area contributed by atoms with Gasteiger partial charge in [0, 0.05) is 19.2 Å². The maximum Gasteiger partial charge on any atom is 0.223 e. The molecule has 1 aliphatic rings. The fraction of sp³-hybridized carbons (Fsp3) is 0.467. The molecule has 3 rings (SSSR count). The van der Waals surface area contributed by atoms with Crippen LogP contribution in [0.25, 0.3) is 5.65 Å². The standard InChI is InChI=1S/C15H18ClN3O/c1-2-5-11-8-14(20)18(9-11)10-12-15(16)17-13-6-3-4-7-19(12)13/h3-4,6-7,11H,2,5,8-10H2,1H3. The van der Waals surface area contributed by atoms with Gasteiger partial charge in [-0.15, -0.1) is 0 Å². The number of pyridine rings is 1. The van der Waals surface area contributed by atoms with Gasteiger partial charge in [0.15, 0.2) is 5.15 Å². The molecule has 0 N–H and O–H groups in total. The zero-order chi connectivity index (χ0) is 14.1. The zero-order valence-corrected chi connectivity index (χ0v) is 12.3. The predicted octanol–water partition coefficient (Wildman–Crippen LogP) is 3.14. The molecule has 0 bridgehead atoms. The van der Waals surface area contributed by atoms with Crippen molar-refractivity contribution in [2.75, 3.05) is 6.54 Å². The van der Waals surface area contributed by atoms with E-state index in [0.29, 0.717) is 24.0 Å². The van der Waals surface area contributed by atoms with Crippen molar-refractivity contribution in [2.45, 2.75) is 32.7 Å². The Morgan fingerprint density at radius 1 is 1.45 bits per heavy atom. The first kappa shape index (κ1) is 13.4. The van der Waals surface area contributed by atoms with Gasteiger partial charge < -0.3 is 9.30 Å². The number of rotatable bonds is 4. The molecular weight excluding hydrogens is 274 g/mol. The summed E-state index contributed by atoms with van der Waals surface area (Å²) in [5, 5.41) is 0.489. The van der Waals surface area contributed by atoms with Crippen LogP contribution in [-0.2, 0) is 11.3 Å². The van der Waals surface area contributed by atoms with Crippen molar-refractivity contribution in [3.8, 4) is 0 Å². The van der Waals surface area contributed by atoms with Gasteiger partial charge in [0.05, 0.1) is 12.2 Å². The highest BCUT2D eigenvalue weighted by Crippen LogP contribution is 2.26. The minimum absolute atomic E-state index is 0.227. The number of halogens is 1. The number of hydrogen-bond donors (Lipinski definition) is 0. The minimum atomic E-state index is 0.227. The van der Waals surface area contributed by atoms with E-state index in [0.717, 1.165) is 30.7 Å². The normalized spacial score (nSPS) is 19.2. The molecule has 1 unspecified atom stereocenters. The molecule has 0 aliphatic carbocycles. The number of likely N-dealkylation sites (tertiary alicyclic amines) is 1. The fourth-order valence-electron chi connectivity index (χ4n) is 2.95. The quantitative estimate of drug-likeness (QED) is 0.868. The topological polar surface area (TPSA) is 37.6 Å². The van der Waals surface area contributed by atoms with E-state index in [4.69, 9.17) is 11.6 Å². The van der Waals surface area contributed by atoms with Gasteiger partial charge in [0.1, 0.15) is 5.65 Å². The summed E-state index contributed by atoms with van der Waals surface area (Å²) in [5.74, 6) is 0.718. The molecule has 1 atom stereocenters. The molecule has 2 aromatic rings. The Morgan fingerprint density at radius 2 is 2.30 bits per heavy atom. The van der Waals surface area contributed by atoms with E-state index in [9.17, 15) is 4.79 Å². The Balaban J connectivity index is 1.83. The third kappa shape index (κ3) is 2.40. The van der Waals surface area contributed by atoms with Crippen LogP contribution < -0.4 is 0 Å². The first-order chi connectivity index (χ1) is 9.69. The van der Waals surface area contributed by atoms with E-state index in [2.05, 4.69) is 11.9 Å². The lowest BCUT2D eigenvalue weighted by atomic mass is 10.0. The van der Waals surface area contributed by atoms with Gasteiger partial charge in [-0.2, -0.15) is 0 Å². The van der Waals surface area contributed by atoms with Gasteiger partial charge in [-0.25, -0.2) is 4.98 Å². The van der Waals surface area contributed by atoms with Crippen LogP contribution in [0.5, 0.6) is 0 Å². The third-order valence-corrected chi connectivity index (χ3v) is 4.21. The number of imidazole rings is 1. The lowest BCUT2D eigenvalue weighted by Gasteiger charge is -2.16. The number of amides is 1. The summed E-state index contributed by atoms with van der Waals surface area (Å²) < 4.78 is 1.96. The van der Waals surface area contributed by atoms with Crippen molar-refractivity contribution < 1.29 is 4.79 Å². The molecule has 0 aromatic carbocycles. The molecule has 2 aromatic heterocycles. The van der Waals surface area contributed by atoms with Crippen LogP contribution in [0, 0.1) is 5.92 Å². The van der Waals surface area contributed by atoms with Crippen molar-refractivity contribution in [2.24, 2.45) is 5.92 Å². The third-order valence-electron chi connectivity index (χ3n) is 3.91. The van der Waals surface area contributed by atoms with Crippen molar-refractivity contribution in [1.82, 2.24) is 14.3 Å². The molecule has 106 valence electrons. The van der Waals surface area contributed by atoms with E-state index in [1.54, 1.807) is 0 Å². The number of nitrogens with zero attached hydrogens (tertiary/aromatic N) is 3. The molecule has 5 heteroatoms. The molecular formula is C15H18ClN3O. The average Bonchev–Trinajstić information content (AvgIpc) is 2.92. The molecule has 1 amide bonds. The Hall–Kier alpha value is -1.55. The molecule has 3 heterocycles. The number of fused-ring (bicyclic) bond motifs is 1. The lowest BCUT2D eigenvalue weighted by molar-refractivity contribution is -0.128. The molecule has 1 saturated heterocycles. The summed E-state index contributed by atoms with van der Waals surface area (Å²) in [6.07, 6.45) is 4.85. The van der Waals surface area contributed by atoms with E-state index in [1.165, 1.54) is 0 Å². The number of hydrogen-bond acceptors (Lipinski definition) is 2. The average molecular weight is 292 g/mol. The van der Waals surface area contributed by atoms with Crippen molar-refractivity contribution in [3.63, 3.8) is 0 Å². The number of carbonyl (C=O) groups is 1. The smallest absolute Gasteiger partial charge is 0.223 e. The molecule has 1 fully saturated rings. The zero-order valence-electron chi connectivity index (χ0n) is 11.6. The maximum absolute atomic E-state index is 12.1. The van der Waals surface area contributed by atoms with Gasteiger partial charge in [0.2, 0.25) is 5.91 Å². The predicted molar refractivity (Wildman–Crippen MR) is 78.6 cm³/mol. The summed E-state index contributed by atoms with van der Waals surface area (Å²) in [7, 11) is 0. The summed E-state index contributed by atoms with van der Waals surface area (Å²) in [6, 6.07) is 5.79. The summed E-state index contributed by atoms with van der Waals surface area (Å²) in [4.78, 5) is 18.3. The van der Waals surface area contributed by atoms with E-state index < -0.39 is 0 Å². The van der Waals surface area contributed by atoms with Crippen LogP contribution in [-0.4, -0.2) is 26.7 Å². The van der Waals surface area contributed by atoms with Crippen LogP contribution in [0.2, 0.25) is 5.15 Å². The highest BCUT2D eigenvalue weighted by Gasteiger charge is 2.30. The maximum atomic E-state index is 12.1. The van der Waals surface area contributed by atoms with Crippen LogP contribution in [0.4, 0.5) is 0 Å². The van der Waals surface area contributed by atoms with Crippen LogP contribution in [0.3, 0.4) is 0 Å². The van der Waals surface area contributed by atoms with E-state index in [1.807, 2.05) is 33.7 Å². The fourth-order valence-corrected chi connectivity index (χ4v) is 3.19. The SMILES string of the molecule is CCCC1CC(=O)N(Cc2c(Cl)nc3ccccn23)C1. The summed E-state index contributed by atoms with van der Waals surface area (Å²) in [5.41, 5.74) is 1.72.